The summed E-state index contributed by atoms with van der Waals surface area (Å²) in [6.07, 6.45) is 0.121. The van der Waals surface area contributed by atoms with Crippen molar-refractivity contribution in [2.24, 2.45) is 4.99 Å². The van der Waals surface area contributed by atoms with E-state index < -0.39 is 5.63 Å². The van der Waals surface area contributed by atoms with Crippen molar-refractivity contribution in [3.05, 3.63) is 92.3 Å². The van der Waals surface area contributed by atoms with Crippen molar-refractivity contribution in [3.8, 4) is 11.5 Å². The Hall–Kier alpha value is -3.28. The van der Waals surface area contributed by atoms with E-state index in [0.717, 1.165) is 0 Å². The maximum atomic E-state index is 12.5. The van der Waals surface area contributed by atoms with Crippen molar-refractivity contribution in [2.45, 2.75) is 6.42 Å². The van der Waals surface area contributed by atoms with Gasteiger partial charge in [-0.1, -0.05) is 47.5 Å². The predicted molar refractivity (Wildman–Crippen MR) is 117 cm³/mol. The van der Waals surface area contributed by atoms with E-state index in [4.69, 9.17) is 27.6 Å². The number of halogens is 2. The molecule has 1 aliphatic rings. The van der Waals surface area contributed by atoms with Crippen LogP contribution in [0.4, 0.5) is 5.69 Å². The summed E-state index contributed by atoms with van der Waals surface area (Å²) in [7, 11) is 0. The van der Waals surface area contributed by atoms with Crippen molar-refractivity contribution in [2.75, 3.05) is 0 Å². The lowest BCUT2D eigenvalue weighted by Gasteiger charge is -2.16. The third-order valence-corrected chi connectivity index (χ3v) is 5.55. The van der Waals surface area contributed by atoms with Crippen LogP contribution in [0.25, 0.3) is 22.4 Å². The van der Waals surface area contributed by atoms with Crippen molar-refractivity contribution in [3.63, 3.8) is 0 Å². The summed E-state index contributed by atoms with van der Waals surface area (Å²) in [5, 5.41) is 1.00. The average molecular weight is 435 g/mol. The number of benzene rings is 3. The van der Waals surface area contributed by atoms with Gasteiger partial charge < -0.3 is 4.42 Å². The first-order valence-corrected chi connectivity index (χ1v) is 9.86. The van der Waals surface area contributed by atoms with Gasteiger partial charge in [0.25, 0.3) is 0 Å². The lowest BCUT2D eigenvalue weighted by Crippen LogP contribution is -2.15. The lowest BCUT2D eigenvalue weighted by molar-refractivity contribution is 0.1000. The summed E-state index contributed by atoms with van der Waals surface area (Å²) >= 11 is 13.0. The van der Waals surface area contributed by atoms with Gasteiger partial charge in [-0.25, -0.2) is 9.78 Å². The van der Waals surface area contributed by atoms with Crippen LogP contribution >= 0.6 is 23.2 Å². The molecule has 0 saturated heterocycles. The summed E-state index contributed by atoms with van der Waals surface area (Å²) in [5.41, 5.74) is 2.65. The molecule has 7 heteroatoms. The molecule has 0 fully saturated rings. The standard InChI is InChI=1S/C23H12Cl2N2O3/c24-16-10-15(22-27-19-8-4-2-6-13(19)23(29)30-22)17(25)9-14(16)20-11-21(28)12-5-1-3-7-18(12)26-20/h1-10H,11H2. The van der Waals surface area contributed by atoms with E-state index in [-0.39, 0.29) is 23.1 Å². The van der Waals surface area contributed by atoms with E-state index >= 15 is 0 Å². The van der Waals surface area contributed by atoms with E-state index in [1.54, 1.807) is 54.6 Å². The normalized spacial score (nSPS) is 13.3. The minimum atomic E-state index is -0.509. The molecule has 3 aromatic carbocycles. The van der Waals surface area contributed by atoms with Crippen LogP contribution < -0.4 is 5.63 Å². The molecule has 0 spiro atoms. The molecule has 0 unspecified atom stereocenters. The summed E-state index contributed by atoms with van der Waals surface area (Å²) in [6, 6.07) is 17.3. The fourth-order valence-corrected chi connectivity index (χ4v) is 3.98. The van der Waals surface area contributed by atoms with Crippen LogP contribution in [0.5, 0.6) is 0 Å². The van der Waals surface area contributed by atoms with E-state index in [1.165, 1.54) is 0 Å². The molecule has 4 aromatic rings. The number of carbonyl (C=O) groups excluding carboxylic acids is 1. The molecule has 0 N–H and O–H groups in total. The Labute approximate surface area is 180 Å². The average Bonchev–Trinajstić information content (AvgIpc) is 2.75. The molecule has 0 atom stereocenters. The molecule has 30 heavy (non-hydrogen) atoms. The zero-order chi connectivity index (χ0) is 20.8. The molecule has 0 radical (unpaired) electrons. The number of ketones is 1. The zero-order valence-electron chi connectivity index (χ0n) is 15.4. The fraction of sp³-hybridized carbons (Fsp3) is 0.0435. The van der Waals surface area contributed by atoms with Crippen LogP contribution in [-0.4, -0.2) is 16.5 Å². The first-order valence-electron chi connectivity index (χ1n) is 9.11. The Morgan fingerprint density at radius 3 is 2.40 bits per heavy atom. The number of aliphatic imine (C=N–C) groups is 1. The number of hydrogen-bond acceptors (Lipinski definition) is 5. The number of hydrogen-bond donors (Lipinski definition) is 0. The molecule has 1 aromatic heterocycles. The van der Waals surface area contributed by atoms with Gasteiger partial charge in [0.2, 0.25) is 5.89 Å². The number of nitrogens with zero attached hydrogens (tertiary/aromatic N) is 2. The lowest BCUT2D eigenvalue weighted by atomic mass is 9.95. The van der Waals surface area contributed by atoms with Gasteiger partial charge in [-0.05, 0) is 36.4 Å². The van der Waals surface area contributed by atoms with Gasteiger partial charge in [0.1, 0.15) is 0 Å². The fourth-order valence-electron chi connectivity index (χ4n) is 3.46. The van der Waals surface area contributed by atoms with Gasteiger partial charge in [0, 0.05) is 11.1 Å². The van der Waals surface area contributed by atoms with Gasteiger partial charge in [-0.2, -0.15) is 0 Å². The quantitative estimate of drug-likeness (QED) is 0.395. The number of fused-ring (bicyclic) bond motifs is 2. The summed E-state index contributed by atoms with van der Waals surface area (Å²) in [6.45, 7) is 0. The molecular weight excluding hydrogens is 423 g/mol. The van der Waals surface area contributed by atoms with E-state index in [1.807, 2.05) is 6.07 Å². The highest BCUT2D eigenvalue weighted by Gasteiger charge is 2.23. The van der Waals surface area contributed by atoms with Crippen molar-refractivity contribution >= 4 is 51.3 Å². The molecule has 0 aliphatic carbocycles. The maximum absolute atomic E-state index is 12.5. The Morgan fingerprint density at radius 1 is 0.833 bits per heavy atom. The van der Waals surface area contributed by atoms with Gasteiger partial charge in [-0.3, -0.25) is 9.79 Å². The summed E-state index contributed by atoms with van der Waals surface area (Å²) in [5.74, 6) is 0.0400. The van der Waals surface area contributed by atoms with Gasteiger partial charge >= 0.3 is 5.63 Å². The largest absolute Gasteiger partial charge is 0.403 e. The van der Waals surface area contributed by atoms with Gasteiger partial charge in [0.15, 0.2) is 5.78 Å². The van der Waals surface area contributed by atoms with Crippen molar-refractivity contribution in [1.82, 2.24) is 4.98 Å². The first-order chi connectivity index (χ1) is 14.5. The minimum absolute atomic E-state index is 0.0333. The number of rotatable bonds is 2. The molecule has 5 rings (SSSR count). The summed E-state index contributed by atoms with van der Waals surface area (Å²) in [4.78, 5) is 33.8. The van der Waals surface area contributed by atoms with E-state index in [2.05, 4.69) is 9.98 Å². The Morgan fingerprint density at radius 2 is 1.53 bits per heavy atom. The number of para-hydroxylation sites is 2. The second-order valence-corrected chi connectivity index (χ2v) is 7.63. The highest BCUT2D eigenvalue weighted by molar-refractivity contribution is 6.38. The highest BCUT2D eigenvalue weighted by Crippen LogP contribution is 2.35. The second kappa shape index (κ2) is 7.20. The van der Waals surface area contributed by atoms with Crippen LogP contribution in [0.2, 0.25) is 10.0 Å². The first kappa shape index (κ1) is 18.7. The monoisotopic (exact) mass is 434 g/mol. The zero-order valence-corrected chi connectivity index (χ0v) is 16.9. The Bertz CT molecular complexity index is 1440. The minimum Gasteiger partial charge on any atom is -0.403 e. The molecule has 1 aliphatic heterocycles. The highest BCUT2D eigenvalue weighted by atomic mass is 35.5. The van der Waals surface area contributed by atoms with Gasteiger partial charge in [0.05, 0.1) is 44.3 Å². The van der Waals surface area contributed by atoms with E-state index in [9.17, 15) is 9.59 Å². The molecule has 5 nitrogen and oxygen atoms in total. The number of Topliss-reactive ketones (excluding diaryl/α,β-unsaturated/α-hetero) is 1. The van der Waals surface area contributed by atoms with Crippen LogP contribution in [0.3, 0.4) is 0 Å². The maximum Gasteiger partial charge on any atom is 0.347 e. The topological polar surface area (TPSA) is 72.5 Å². The van der Waals surface area contributed by atoms with Crippen molar-refractivity contribution < 1.29 is 9.21 Å². The van der Waals surface area contributed by atoms with Gasteiger partial charge in [-0.15, -0.1) is 0 Å². The summed E-state index contributed by atoms with van der Waals surface area (Å²) < 4.78 is 5.37. The van der Waals surface area contributed by atoms with Crippen LogP contribution in [0.1, 0.15) is 22.3 Å². The van der Waals surface area contributed by atoms with E-state index in [0.29, 0.717) is 44.0 Å². The van der Waals surface area contributed by atoms with Crippen LogP contribution in [0, 0.1) is 0 Å². The molecule has 2 heterocycles. The number of carbonyl (C=O) groups is 1. The molecule has 0 bridgehead atoms. The Balaban J connectivity index is 1.63. The number of aromatic nitrogens is 1. The third-order valence-electron chi connectivity index (χ3n) is 4.92. The van der Waals surface area contributed by atoms with Crippen molar-refractivity contribution in [1.29, 1.82) is 0 Å². The Kier molecular flexibility index (Phi) is 4.50. The smallest absolute Gasteiger partial charge is 0.347 e. The molecule has 0 saturated carbocycles. The molecule has 146 valence electrons. The SMILES string of the molecule is O=C1CC(c2cc(Cl)c(-c3nc4ccccc4c(=O)o3)cc2Cl)=Nc2ccccc21. The third kappa shape index (κ3) is 3.12. The molecular formula is C23H12Cl2N2O3. The second-order valence-electron chi connectivity index (χ2n) is 6.81. The predicted octanol–water partition coefficient (Wildman–Crippen LogP) is 5.87. The van der Waals surface area contributed by atoms with Crippen LogP contribution in [-0.2, 0) is 0 Å². The molecule has 0 amide bonds. The van der Waals surface area contributed by atoms with Crippen LogP contribution in [0.15, 0.2) is 74.9 Å².